The van der Waals surface area contributed by atoms with E-state index < -0.39 is 0 Å². The van der Waals surface area contributed by atoms with Gasteiger partial charge in [0.05, 0.1) is 11.8 Å². The number of carbonyl (C=O) groups excluding carboxylic acids is 1. The summed E-state index contributed by atoms with van der Waals surface area (Å²) in [7, 11) is 0. The van der Waals surface area contributed by atoms with Crippen LogP contribution >= 0.6 is 0 Å². The van der Waals surface area contributed by atoms with Crippen molar-refractivity contribution in [3.05, 3.63) is 36.3 Å². The number of aromatic nitrogens is 2. The van der Waals surface area contributed by atoms with Gasteiger partial charge >= 0.3 is 0 Å². The van der Waals surface area contributed by atoms with E-state index in [0.29, 0.717) is 6.42 Å². The van der Waals surface area contributed by atoms with Crippen molar-refractivity contribution >= 4 is 11.6 Å². The lowest BCUT2D eigenvalue weighted by atomic mass is 10.1. The second kappa shape index (κ2) is 7.40. The van der Waals surface area contributed by atoms with Gasteiger partial charge in [-0.3, -0.25) is 4.79 Å². The Bertz CT molecular complexity index is 724. The highest BCUT2D eigenvalue weighted by Gasteiger charge is 2.17. The third-order valence-electron chi connectivity index (χ3n) is 5.07. The molecule has 3 heterocycles. The lowest BCUT2D eigenvalue weighted by molar-refractivity contribution is -0.116. The molecule has 1 amide bonds. The summed E-state index contributed by atoms with van der Waals surface area (Å²) in [6.07, 6.45) is 9.39. The Morgan fingerprint density at radius 3 is 3.12 bits per heavy atom. The van der Waals surface area contributed by atoms with Gasteiger partial charge in [-0.05, 0) is 44.2 Å². The molecule has 2 aliphatic rings. The van der Waals surface area contributed by atoms with E-state index in [2.05, 4.69) is 22.1 Å². The number of aryl methyl sites for hydroxylation is 2. The van der Waals surface area contributed by atoms with E-state index in [0.717, 1.165) is 55.8 Å². The Kier molecular flexibility index (Phi) is 4.83. The van der Waals surface area contributed by atoms with Gasteiger partial charge < -0.3 is 14.6 Å². The third kappa shape index (κ3) is 3.93. The standard InChI is InChI=1S/C20H25N3O2/c24-20(10-9-17-7-4-12-25-17)21-16-6-3-5-15(13-16)18-14-23-11-2-1-8-19(23)22-18/h3,5-6,13-14,17H,1-2,4,7-12H2,(H,21,24)/t17-/m0/s1. The number of hydrogen-bond acceptors (Lipinski definition) is 3. The number of amides is 1. The minimum absolute atomic E-state index is 0.0526. The van der Waals surface area contributed by atoms with Gasteiger partial charge in [0.1, 0.15) is 5.82 Å². The predicted molar refractivity (Wildman–Crippen MR) is 97.4 cm³/mol. The lowest BCUT2D eigenvalue weighted by Gasteiger charge is -2.11. The van der Waals surface area contributed by atoms with Gasteiger partial charge in [-0.15, -0.1) is 0 Å². The van der Waals surface area contributed by atoms with Crippen molar-refractivity contribution in [2.45, 2.75) is 57.6 Å². The number of nitrogens with zero attached hydrogens (tertiary/aromatic N) is 2. The number of hydrogen-bond donors (Lipinski definition) is 1. The molecule has 4 rings (SSSR count). The smallest absolute Gasteiger partial charge is 0.224 e. The Labute approximate surface area is 148 Å². The van der Waals surface area contributed by atoms with E-state index >= 15 is 0 Å². The SMILES string of the molecule is O=C(CC[C@@H]1CCCO1)Nc1cccc(-c2cn3c(n2)CCCC3)c1. The maximum atomic E-state index is 12.2. The van der Waals surface area contributed by atoms with Crippen LogP contribution in [0, 0.1) is 0 Å². The van der Waals surface area contributed by atoms with Crippen LogP contribution in [-0.4, -0.2) is 28.2 Å². The minimum Gasteiger partial charge on any atom is -0.378 e. The van der Waals surface area contributed by atoms with E-state index in [4.69, 9.17) is 9.72 Å². The van der Waals surface area contributed by atoms with Crippen LogP contribution in [0.5, 0.6) is 0 Å². The lowest BCUT2D eigenvalue weighted by Crippen LogP contribution is -2.15. The topological polar surface area (TPSA) is 56.1 Å². The molecule has 0 unspecified atom stereocenters. The van der Waals surface area contributed by atoms with Crippen molar-refractivity contribution in [2.24, 2.45) is 0 Å². The number of imidazole rings is 1. The van der Waals surface area contributed by atoms with Crippen LogP contribution < -0.4 is 5.32 Å². The quantitative estimate of drug-likeness (QED) is 0.902. The number of benzene rings is 1. The predicted octanol–water partition coefficient (Wildman–Crippen LogP) is 3.78. The molecule has 1 fully saturated rings. The van der Waals surface area contributed by atoms with E-state index in [-0.39, 0.29) is 12.0 Å². The first-order chi connectivity index (χ1) is 12.3. The zero-order chi connectivity index (χ0) is 17.1. The van der Waals surface area contributed by atoms with Crippen molar-refractivity contribution in [1.29, 1.82) is 0 Å². The molecule has 0 saturated carbocycles. The van der Waals surface area contributed by atoms with E-state index in [9.17, 15) is 4.79 Å². The number of anilines is 1. The normalized spacial score (nSPS) is 19.6. The van der Waals surface area contributed by atoms with Gasteiger partial charge in [-0.25, -0.2) is 4.98 Å². The molecule has 1 atom stereocenters. The average molecular weight is 339 g/mol. The molecule has 5 heteroatoms. The molecular formula is C20H25N3O2. The number of rotatable bonds is 5. The molecule has 0 aliphatic carbocycles. The molecular weight excluding hydrogens is 314 g/mol. The molecule has 0 radical (unpaired) electrons. The summed E-state index contributed by atoms with van der Waals surface area (Å²) in [4.78, 5) is 17.0. The molecule has 1 aromatic heterocycles. The number of carbonyl (C=O) groups is 1. The molecule has 2 aliphatic heterocycles. The summed E-state index contributed by atoms with van der Waals surface area (Å²) in [6.45, 7) is 1.89. The molecule has 5 nitrogen and oxygen atoms in total. The largest absolute Gasteiger partial charge is 0.378 e. The first-order valence-electron chi connectivity index (χ1n) is 9.36. The summed E-state index contributed by atoms with van der Waals surface area (Å²) >= 11 is 0. The maximum Gasteiger partial charge on any atom is 0.224 e. The highest BCUT2D eigenvalue weighted by atomic mass is 16.5. The molecule has 0 spiro atoms. The van der Waals surface area contributed by atoms with Crippen LogP contribution in [0.25, 0.3) is 11.3 Å². The first kappa shape index (κ1) is 16.3. The highest BCUT2D eigenvalue weighted by molar-refractivity contribution is 5.91. The fourth-order valence-corrected chi connectivity index (χ4v) is 3.70. The summed E-state index contributed by atoms with van der Waals surface area (Å²) in [6, 6.07) is 7.97. The van der Waals surface area contributed by atoms with Crippen LogP contribution in [0.15, 0.2) is 30.5 Å². The second-order valence-electron chi connectivity index (χ2n) is 7.00. The minimum atomic E-state index is 0.0526. The first-order valence-corrected chi connectivity index (χ1v) is 9.36. The summed E-state index contributed by atoms with van der Waals surface area (Å²) < 4.78 is 7.84. The van der Waals surface area contributed by atoms with Crippen molar-refractivity contribution < 1.29 is 9.53 Å². The van der Waals surface area contributed by atoms with E-state index in [1.807, 2.05) is 18.2 Å². The fourth-order valence-electron chi connectivity index (χ4n) is 3.70. The molecule has 2 aromatic rings. The fraction of sp³-hybridized carbons (Fsp3) is 0.500. The van der Waals surface area contributed by atoms with Gasteiger partial charge in [0.2, 0.25) is 5.91 Å². The number of ether oxygens (including phenoxy) is 1. The van der Waals surface area contributed by atoms with Gasteiger partial charge in [-0.1, -0.05) is 12.1 Å². The molecule has 1 saturated heterocycles. The van der Waals surface area contributed by atoms with Crippen LogP contribution in [0.3, 0.4) is 0 Å². The Morgan fingerprint density at radius 2 is 2.28 bits per heavy atom. The van der Waals surface area contributed by atoms with Crippen LogP contribution in [0.4, 0.5) is 5.69 Å². The average Bonchev–Trinajstić information content (AvgIpc) is 3.29. The zero-order valence-corrected chi connectivity index (χ0v) is 14.5. The van der Waals surface area contributed by atoms with Crippen molar-refractivity contribution in [2.75, 3.05) is 11.9 Å². The van der Waals surface area contributed by atoms with Gasteiger partial charge in [0.25, 0.3) is 0 Å². The molecule has 0 bridgehead atoms. The Morgan fingerprint density at radius 1 is 1.32 bits per heavy atom. The van der Waals surface area contributed by atoms with E-state index in [1.54, 1.807) is 0 Å². The Hall–Kier alpha value is -2.14. The van der Waals surface area contributed by atoms with E-state index in [1.165, 1.54) is 18.7 Å². The maximum absolute atomic E-state index is 12.2. The number of nitrogens with one attached hydrogen (secondary N) is 1. The molecule has 132 valence electrons. The van der Waals surface area contributed by atoms with Gasteiger partial charge in [-0.2, -0.15) is 0 Å². The van der Waals surface area contributed by atoms with Crippen molar-refractivity contribution in [3.8, 4) is 11.3 Å². The van der Waals surface area contributed by atoms with Gasteiger partial charge in [0.15, 0.2) is 0 Å². The number of fused-ring (bicyclic) bond motifs is 1. The molecule has 25 heavy (non-hydrogen) atoms. The highest BCUT2D eigenvalue weighted by Crippen LogP contribution is 2.25. The van der Waals surface area contributed by atoms with Crippen LogP contribution in [0.2, 0.25) is 0 Å². The van der Waals surface area contributed by atoms with Crippen molar-refractivity contribution in [1.82, 2.24) is 9.55 Å². The molecule has 1 N–H and O–H groups in total. The summed E-state index contributed by atoms with van der Waals surface area (Å²) in [5.74, 6) is 1.23. The van der Waals surface area contributed by atoms with Crippen LogP contribution in [0.1, 0.15) is 44.3 Å². The van der Waals surface area contributed by atoms with Crippen molar-refractivity contribution in [3.63, 3.8) is 0 Å². The second-order valence-corrected chi connectivity index (χ2v) is 7.00. The summed E-state index contributed by atoms with van der Waals surface area (Å²) in [5.41, 5.74) is 2.88. The Balaban J connectivity index is 1.40. The third-order valence-corrected chi connectivity index (χ3v) is 5.07. The zero-order valence-electron chi connectivity index (χ0n) is 14.5. The summed E-state index contributed by atoms with van der Waals surface area (Å²) in [5, 5.41) is 3.01. The van der Waals surface area contributed by atoms with Crippen LogP contribution in [-0.2, 0) is 22.5 Å². The monoisotopic (exact) mass is 339 g/mol. The van der Waals surface area contributed by atoms with Gasteiger partial charge in [0, 0.05) is 43.4 Å². The molecule has 1 aromatic carbocycles.